The van der Waals surface area contributed by atoms with E-state index in [0.717, 1.165) is 0 Å². The van der Waals surface area contributed by atoms with Crippen LogP contribution < -0.4 is 15.0 Å². The molecule has 0 unspecified atom stereocenters. The molecule has 0 radical (unpaired) electrons. The van der Waals surface area contributed by atoms with Gasteiger partial charge in [-0.3, -0.25) is 4.79 Å². The molecule has 0 bridgehead atoms. The number of hydrogen-bond donors (Lipinski definition) is 1. The molecule has 0 amide bonds. The lowest BCUT2D eigenvalue weighted by atomic mass is 10.1. The van der Waals surface area contributed by atoms with Crippen LogP contribution in [0.2, 0.25) is 0 Å². The normalized spacial score (nSPS) is 9.92. The Labute approximate surface area is 149 Å². The summed E-state index contributed by atoms with van der Waals surface area (Å²) in [5.41, 5.74) is 0.330. The maximum atomic E-state index is 12.1. The number of methoxy groups -OCH3 is 1. The zero-order chi connectivity index (χ0) is 18.2. The average Bonchev–Trinajstić information content (AvgIpc) is 2.64. The molecular weight excluding hydrogens is 340 g/mol. The van der Waals surface area contributed by atoms with E-state index in [4.69, 9.17) is 14.7 Å². The third-order valence-electron chi connectivity index (χ3n) is 3.33. The van der Waals surface area contributed by atoms with Gasteiger partial charge in [0.1, 0.15) is 11.6 Å². The Balaban J connectivity index is 2.47. The van der Waals surface area contributed by atoms with Crippen molar-refractivity contribution < 1.29 is 9.47 Å². The van der Waals surface area contributed by atoms with Crippen LogP contribution >= 0.6 is 11.8 Å². The molecule has 0 aliphatic heterocycles. The fraction of sp³-hybridized carbons (Fsp3) is 0.294. The molecular formula is C17H16N4O3S. The number of nitrogens with one attached hydrogen (secondary N) is 1. The number of hydrogen-bond acceptors (Lipinski definition) is 7. The molecule has 0 fully saturated rings. The van der Waals surface area contributed by atoms with Crippen LogP contribution in [0.1, 0.15) is 18.4 Å². The number of H-pyrrole nitrogens is 1. The van der Waals surface area contributed by atoms with Gasteiger partial charge in [-0.2, -0.15) is 10.5 Å². The van der Waals surface area contributed by atoms with Gasteiger partial charge in [0.2, 0.25) is 0 Å². The van der Waals surface area contributed by atoms with E-state index in [2.05, 4.69) is 16.0 Å². The Morgan fingerprint density at radius 3 is 2.76 bits per heavy atom. The molecule has 128 valence electrons. The van der Waals surface area contributed by atoms with E-state index in [-0.39, 0.29) is 5.56 Å². The molecule has 0 saturated heterocycles. The van der Waals surface area contributed by atoms with Gasteiger partial charge in [-0.05, 0) is 30.9 Å². The van der Waals surface area contributed by atoms with Crippen LogP contribution in [0.5, 0.6) is 11.5 Å². The predicted octanol–water partition coefficient (Wildman–Crippen LogP) is 2.72. The highest BCUT2D eigenvalue weighted by Crippen LogP contribution is 2.33. The summed E-state index contributed by atoms with van der Waals surface area (Å²) in [7, 11) is 1.52. The Kier molecular flexibility index (Phi) is 6.44. The van der Waals surface area contributed by atoms with E-state index in [9.17, 15) is 10.1 Å². The molecule has 1 aromatic carbocycles. The molecule has 1 heterocycles. The van der Waals surface area contributed by atoms with E-state index in [1.165, 1.54) is 18.9 Å². The molecule has 0 atom stereocenters. The van der Waals surface area contributed by atoms with Crippen LogP contribution in [0, 0.1) is 22.7 Å². The highest BCUT2D eigenvalue weighted by molar-refractivity contribution is 7.98. The number of ether oxygens (including phenoxy) is 2. The molecule has 0 spiro atoms. The smallest absolute Gasteiger partial charge is 0.270 e. The van der Waals surface area contributed by atoms with Gasteiger partial charge >= 0.3 is 0 Å². The van der Waals surface area contributed by atoms with Crippen molar-refractivity contribution in [1.29, 1.82) is 10.5 Å². The summed E-state index contributed by atoms with van der Waals surface area (Å²) in [4.78, 5) is 19.0. The summed E-state index contributed by atoms with van der Waals surface area (Å²) in [5, 5.41) is 18.3. The standard InChI is InChI=1S/C17H16N4O3S/c1-23-13-6-5-11(9-14(13)24-8-4-3-7-18)15-12(10-19)16(22)21-17(20-15)25-2/h5-6,9H,3-4,8H2,1-2H3,(H,20,21,22). The fourth-order valence-electron chi connectivity index (χ4n) is 2.13. The molecule has 0 aliphatic carbocycles. The first-order chi connectivity index (χ1) is 12.1. The maximum absolute atomic E-state index is 12.1. The van der Waals surface area contributed by atoms with E-state index in [1.54, 1.807) is 24.5 Å². The third kappa shape index (κ3) is 4.31. The monoisotopic (exact) mass is 356 g/mol. The molecule has 7 nitrogen and oxygen atoms in total. The molecule has 1 N–H and O–H groups in total. The van der Waals surface area contributed by atoms with Crippen molar-refractivity contribution in [3.8, 4) is 34.9 Å². The van der Waals surface area contributed by atoms with Crippen LogP contribution in [0.15, 0.2) is 28.2 Å². The SMILES string of the molecule is COc1ccc(-c2nc(SC)[nH]c(=O)c2C#N)cc1OCCCC#N. The number of aromatic nitrogens is 2. The second-order valence-corrected chi connectivity index (χ2v) is 5.68. The van der Waals surface area contributed by atoms with Gasteiger partial charge in [0.15, 0.2) is 16.7 Å². The number of nitrogens with zero attached hydrogens (tertiary/aromatic N) is 3. The number of unbranched alkanes of at least 4 members (excludes halogenated alkanes) is 1. The van der Waals surface area contributed by atoms with Crippen LogP contribution in [0.25, 0.3) is 11.3 Å². The minimum Gasteiger partial charge on any atom is -0.493 e. The predicted molar refractivity (Wildman–Crippen MR) is 93.7 cm³/mol. The van der Waals surface area contributed by atoms with Crippen molar-refractivity contribution in [2.45, 2.75) is 18.0 Å². The van der Waals surface area contributed by atoms with Gasteiger partial charge in [0.05, 0.1) is 25.5 Å². The molecule has 2 rings (SSSR count). The average molecular weight is 356 g/mol. The van der Waals surface area contributed by atoms with Gasteiger partial charge in [0.25, 0.3) is 5.56 Å². The Morgan fingerprint density at radius 2 is 2.12 bits per heavy atom. The van der Waals surface area contributed by atoms with Crippen LogP contribution in [0.4, 0.5) is 0 Å². The molecule has 0 aliphatic rings. The third-order valence-corrected chi connectivity index (χ3v) is 3.91. The van der Waals surface area contributed by atoms with Gasteiger partial charge in [-0.1, -0.05) is 11.8 Å². The zero-order valence-electron chi connectivity index (χ0n) is 13.8. The quantitative estimate of drug-likeness (QED) is 0.461. The topological polar surface area (TPSA) is 112 Å². The molecule has 25 heavy (non-hydrogen) atoms. The molecule has 0 saturated carbocycles. The van der Waals surface area contributed by atoms with E-state index in [1.807, 2.05) is 6.07 Å². The van der Waals surface area contributed by atoms with Gasteiger partial charge in [-0.25, -0.2) is 4.98 Å². The number of nitriles is 2. The number of rotatable bonds is 7. The van der Waals surface area contributed by atoms with Crippen molar-refractivity contribution in [1.82, 2.24) is 9.97 Å². The lowest BCUT2D eigenvalue weighted by Gasteiger charge is -2.12. The number of thioether (sulfide) groups is 1. The van der Waals surface area contributed by atoms with Crippen molar-refractivity contribution >= 4 is 11.8 Å². The Bertz CT molecular complexity index is 896. The zero-order valence-corrected chi connectivity index (χ0v) is 14.6. The van der Waals surface area contributed by atoms with Crippen molar-refractivity contribution in [3.63, 3.8) is 0 Å². The van der Waals surface area contributed by atoms with Gasteiger partial charge in [-0.15, -0.1) is 0 Å². The van der Waals surface area contributed by atoms with Gasteiger partial charge in [0, 0.05) is 12.0 Å². The summed E-state index contributed by atoms with van der Waals surface area (Å²) in [6.45, 7) is 0.358. The number of benzene rings is 1. The summed E-state index contributed by atoms with van der Waals surface area (Å²) in [6.07, 6.45) is 2.77. The Morgan fingerprint density at radius 1 is 1.32 bits per heavy atom. The van der Waals surface area contributed by atoms with Crippen LogP contribution in [0.3, 0.4) is 0 Å². The first-order valence-corrected chi connectivity index (χ1v) is 8.63. The van der Waals surface area contributed by atoms with Crippen molar-refractivity contribution in [2.24, 2.45) is 0 Å². The Hall–Kier alpha value is -2.97. The lowest BCUT2D eigenvalue weighted by Crippen LogP contribution is -2.14. The fourth-order valence-corrected chi connectivity index (χ4v) is 2.51. The summed E-state index contributed by atoms with van der Waals surface area (Å²) in [6, 6.07) is 9.04. The van der Waals surface area contributed by atoms with E-state index < -0.39 is 5.56 Å². The molecule has 8 heteroatoms. The molecule has 2 aromatic rings. The number of aromatic amines is 1. The van der Waals surface area contributed by atoms with E-state index in [0.29, 0.717) is 47.4 Å². The minimum absolute atomic E-state index is 0.0570. The highest BCUT2D eigenvalue weighted by atomic mass is 32.2. The van der Waals surface area contributed by atoms with E-state index >= 15 is 0 Å². The maximum Gasteiger partial charge on any atom is 0.270 e. The largest absolute Gasteiger partial charge is 0.493 e. The van der Waals surface area contributed by atoms with Crippen molar-refractivity contribution in [2.75, 3.05) is 20.0 Å². The molecule has 1 aromatic heterocycles. The van der Waals surface area contributed by atoms with Crippen LogP contribution in [-0.4, -0.2) is 29.9 Å². The minimum atomic E-state index is -0.482. The summed E-state index contributed by atoms with van der Waals surface area (Å²) < 4.78 is 10.9. The highest BCUT2D eigenvalue weighted by Gasteiger charge is 2.15. The van der Waals surface area contributed by atoms with Crippen molar-refractivity contribution in [3.05, 3.63) is 34.1 Å². The van der Waals surface area contributed by atoms with Crippen LogP contribution in [-0.2, 0) is 0 Å². The van der Waals surface area contributed by atoms with Gasteiger partial charge < -0.3 is 14.5 Å². The second-order valence-electron chi connectivity index (χ2n) is 4.89. The first kappa shape index (κ1) is 18.4. The lowest BCUT2D eigenvalue weighted by molar-refractivity contribution is 0.291. The second kappa shape index (κ2) is 8.76. The summed E-state index contributed by atoms with van der Waals surface area (Å²) >= 11 is 1.28. The first-order valence-electron chi connectivity index (χ1n) is 7.41. The summed E-state index contributed by atoms with van der Waals surface area (Å²) in [5.74, 6) is 0.990.